The quantitative estimate of drug-likeness (QED) is 0.648. The summed E-state index contributed by atoms with van der Waals surface area (Å²) in [5, 5.41) is 5.19. The molecule has 4 nitrogen and oxygen atoms in total. The third-order valence-corrected chi connectivity index (χ3v) is 2.98. The third-order valence-electron chi connectivity index (χ3n) is 2.76. The molecule has 0 spiro atoms. The number of nitrogens with zero attached hydrogens (tertiary/aromatic N) is 1. The summed E-state index contributed by atoms with van der Waals surface area (Å²) in [5.41, 5.74) is 0.172. The summed E-state index contributed by atoms with van der Waals surface area (Å²) in [7, 11) is 1.38. The number of halogens is 4. The van der Waals surface area contributed by atoms with Gasteiger partial charge in [-0.15, -0.1) is 0 Å². The van der Waals surface area contributed by atoms with Crippen LogP contribution in [0.1, 0.15) is 10.4 Å². The number of hydrogen-bond acceptors (Lipinski definition) is 2. The van der Waals surface area contributed by atoms with Crippen LogP contribution in [0.3, 0.4) is 0 Å². The molecule has 23 heavy (non-hydrogen) atoms. The maximum atomic E-state index is 13.3. The zero-order chi connectivity index (χ0) is 17.0. The Morgan fingerprint density at radius 1 is 1.09 bits per heavy atom. The first-order valence-electron chi connectivity index (χ1n) is 6.35. The van der Waals surface area contributed by atoms with Crippen molar-refractivity contribution >= 4 is 29.2 Å². The van der Waals surface area contributed by atoms with Crippen molar-refractivity contribution in [2.45, 2.75) is 0 Å². The number of carbonyl (C=O) groups is 1. The molecule has 120 valence electrons. The molecule has 0 saturated heterocycles. The van der Waals surface area contributed by atoms with Gasteiger partial charge in [0, 0.05) is 23.3 Å². The van der Waals surface area contributed by atoms with Crippen LogP contribution in [0, 0.1) is 17.5 Å². The van der Waals surface area contributed by atoms with E-state index in [1.807, 2.05) is 0 Å². The topological polar surface area (TPSA) is 53.5 Å². The highest BCUT2D eigenvalue weighted by Gasteiger charge is 2.12. The van der Waals surface area contributed by atoms with Gasteiger partial charge < -0.3 is 5.32 Å². The van der Waals surface area contributed by atoms with E-state index in [0.717, 1.165) is 30.3 Å². The van der Waals surface area contributed by atoms with E-state index in [-0.39, 0.29) is 22.2 Å². The fraction of sp³-hybridized carbons (Fsp3) is 0.0667. The first kappa shape index (κ1) is 16.8. The first-order valence-corrected chi connectivity index (χ1v) is 6.73. The van der Waals surface area contributed by atoms with Crippen molar-refractivity contribution < 1.29 is 18.0 Å². The van der Waals surface area contributed by atoms with Crippen LogP contribution < -0.4 is 10.6 Å². The molecule has 0 aliphatic rings. The van der Waals surface area contributed by atoms with Gasteiger partial charge in [-0.2, -0.15) is 0 Å². The highest BCUT2D eigenvalue weighted by Crippen LogP contribution is 2.18. The summed E-state index contributed by atoms with van der Waals surface area (Å²) in [5.74, 6) is -3.49. The van der Waals surface area contributed by atoms with Crippen molar-refractivity contribution in [3.8, 4) is 0 Å². The van der Waals surface area contributed by atoms with E-state index in [4.69, 9.17) is 11.6 Å². The summed E-state index contributed by atoms with van der Waals surface area (Å²) in [6, 6.07) is 6.43. The predicted octanol–water partition coefficient (Wildman–Crippen LogP) is 3.59. The average Bonchev–Trinajstić information content (AvgIpc) is 2.48. The lowest BCUT2D eigenvalue weighted by Gasteiger charge is -2.11. The van der Waals surface area contributed by atoms with Crippen molar-refractivity contribution in [3.05, 3.63) is 64.4 Å². The minimum Gasteiger partial charge on any atom is -0.326 e. The molecule has 0 bridgehead atoms. The van der Waals surface area contributed by atoms with Gasteiger partial charge in [-0.3, -0.25) is 15.1 Å². The Labute approximate surface area is 135 Å². The zero-order valence-electron chi connectivity index (χ0n) is 11.8. The van der Waals surface area contributed by atoms with Crippen LogP contribution in [0.2, 0.25) is 5.02 Å². The van der Waals surface area contributed by atoms with Gasteiger partial charge in [0.2, 0.25) is 5.96 Å². The van der Waals surface area contributed by atoms with E-state index in [9.17, 15) is 18.0 Å². The molecular formula is C15H11ClF3N3O. The molecule has 0 fully saturated rings. The summed E-state index contributed by atoms with van der Waals surface area (Å²) < 4.78 is 39.3. The normalized spacial score (nSPS) is 11.3. The minimum absolute atomic E-state index is 0.0126. The second-order valence-corrected chi connectivity index (χ2v) is 4.87. The third kappa shape index (κ3) is 4.46. The van der Waals surface area contributed by atoms with Crippen LogP contribution in [0.4, 0.5) is 18.9 Å². The number of nitrogens with one attached hydrogen (secondary N) is 2. The standard InChI is InChI=1S/C15H11ClF3N3O/c1-20-15(21-11-6-9(16)5-10(17)7-11)22-14(23)8-2-3-12(18)13(19)4-8/h2-7H,1H3,(H2,20,21,22,23). The number of anilines is 1. The largest absolute Gasteiger partial charge is 0.326 e. The maximum Gasteiger partial charge on any atom is 0.258 e. The lowest BCUT2D eigenvalue weighted by molar-refractivity contribution is 0.0976. The Morgan fingerprint density at radius 2 is 1.83 bits per heavy atom. The van der Waals surface area contributed by atoms with Crippen LogP contribution in [0.25, 0.3) is 0 Å². The van der Waals surface area contributed by atoms with E-state index in [2.05, 4.69) is 15.6 Å². The maximum absolute atomic E-state index is 13.3. The Morgan fingerprint density at radius 3 is 2.43 bits per heavy atom. The van der Waals surface area contributed by atoms with Gasteiger partial charge in [-0.1, -0.05) is 11.6 Å². The van der Waals surface area contributed by atoms with Crippen molar-refractivity contribution in [2.24, 2.45) is 4.99 Å². The van der Waals surface area contributed by atoms with Crippen LogP contribution >= 0.6 is 11.6 Å². The van der Waals surface area contributed by atoms with E-state index in [1.165, 1.54) is 13.1 Å². The minimum atomic E-state index is -1.14. The molecule has 0 aliphatic heterocycles. The number of guanidine groups is 1. The number of amides is 1. The van der Waals surface area contributed by atoms with E-state index < -0.39 is 23.4 Å². The smallest absolute Gasteiger partial charge is 0.258 e. The Balaban J connectivity index is 2.12. The number of hydrogen-bond donors (Lipinski definition) is 2. The molecule has 2 N–H and O–H groups in total. The lowest BCUT2D eigenvalue weighted by Crippen LogP contribution is -2.36. The molecule has 0 radical (unpaired) electrons. The second-order valence-electron chi connectivity index (χ2n) is 4.44. The number of benzene rings is 2. The van der Waals surface area contributed by atoms with Crippen molar-refractivity contribution in [1.29, 1.82) is 0 Å². The molecule has 0 heterocycles. The molecule has 8 heteroatoms. The van der Waals surface area contributed by atoms with Gasteiger partial charge >= 0.3 is 0 Å². The molecule has 0 unspecified atom stereocenters. The van der Waals surface area contributed by atoms with Crippen LogP contribution in [0.15, 0.2) is 41.4 Å². The molecule has 0 saturated carbocycles. The van der Waals surface area contributed by atoms with E-state index in [1.54, 1.807) is 0 Å². The summed E-state index contributed by atoms with van der Waals surface area (Å²) in [6.07, 6.45) is 0. The number of aliphatic imine (C=N–C) groups is 1. The van der Waals surface area contributed by atoms with Crippen molar-refractivity contribution in [1.82, 2.24) is 5.32 Å². The fourth-order valence-corrected chi connectivity index (χ4v) is 1.94. The Kier molecular flexibility index (Phi) is 5.23. The van der Waals surface area contributed by atoms with Gasteiger partial charge in [-0.25, -0.2) is 13.2 Å². The SMILES string of the molecule is CN=C(NC(=O)c1ccc(F)c(F)c1)Nc1cc(F)cc(Cl)c1. The van der Waals surface area contributed by atoms with Gasteiger partial charge in [0.1, 0.15) is 5.82 Å². The van der Waals surface area contributed by atoms with Crippen LogP contribution in [0.5, 0.6) is 0 Å². The molecule has 2 aromatic carbocycles. The monoisotopic (exact) mass is 341 g/mol. The van der Waals surface area contributed by atoms with Crippen molar-refractivity contribution in [2.75, 3.05) is 12.4 Å². The molecule has 0 aromatic heterocycles. The van der Waals surface area contributed by atoms with Gasteiger partial charge in [-0.05, 0) is 36.4 Å². The van der Waals surface area contributed by atoms with Crippen LogP contribution in [-0.4, -0.2) is 18.9 Å². The summed E-state index contributed by atoms with van der Waals surface area (Å²) >= 11 is 5.73. The first-order chi connectivity index (χ1) is 10.9. The Hall–Kier alpha value is -2.54. The molecule has 2 rings (SSSR count). The molecule has 0 aliphatic carbocycles. The highest BCUT2D eigenvalue weighted by molar-refractivity contribution is 6.31. The van der Waals surface area contributed by atoms with Gasteiger partial charge in [0.05, 0.1) is 0 Å². The van der Waals surface area contributed by atoms with Gasteiger partial charge in [0.25, 0.3) is 5.91 Å². The van der Waals surface area contributed by atoms with Gasteiger partial charge in [0.15, 0.2) is 11.6 Å². The number of carbonyl (C=O) groups excluding carboxylic acids is 1. The Bertz CT molecular complexity index is 760. The predicted molar refractivity (Wildman–Crippen MR) is 82.2 cm³/mol. The average molecular weight is 342 g/mol. The lowest BCUT2D eigenvalue weighted by atomic mass is 10.2. The molecule has 1 amide bonds. The molecular weight excluding hydrogens is 331 g/mol. The summed E-state index contributed by atoms with van der Waals surface area (Å²) in [4.78, 5) is 15.8. The molecule has 0 atom stereocenters. The fourth-order valence-electron chi connectivity index (χ4n) is 1.72. The van der Waals surface area contributed by atoms with Crippen molar-refractivity contribution in [3.63, 3.8) is 0 Å². The highest BCUT2D eigenvalue weighted by atomic mass is 35.5. The zero-order valence-corrected chi connectivity index (χ0v) is 12.6. The van der Waals surface area contributed by atoms with Crippen LogP contribution in [-0.2, 0) is 0 Å². The molecule has 2 aromatic rings. The second kappa shape index (κ2) is 7.15. The number of rotatable bonds is 2. The van der Waals surface area contributed by atoms with E-state index >= 15 is 0 Å². The summed E-state index contributed by atoms with van der Waals surface area (Å²) in [6.45, 7) is 0. The van der Waals surface area contributed by atoms with E-state index in [0.29, 0.717) is 0 Å².